The number of benzene rings is 4. The number of amides is 2. The largest absolute Gasteiger partial charge is 0.493 e. The number of para-hydroxylation sites is 2. The van der Waals surface area contributed by atoms with Gasteiger partial charge in [0.25, 0.3) is 11.8 Å². The van der Waals surface area contributed by atoms with Crippen molar-refractivity contribution in [3.8, 4) is 11.5 Å². The van der Waals surface area contributed by atoms with E-state index in [1.54, 1.807) is 34.2 Å². The van der Waals surface area contributed by atoms with Crippen LogP contribution >= 0.6 is 0 Å². The first kappa shape index (κ1) is 41.6. The molecule has 0 aliphatic carbocycles. The topological polar surface area (TPSA) is 143 Å². The summed E-state index contributed by atoms with van der Waals surface area (Å²) in [4.78, 5) is 54.2. The lowest BCUT2D eigenvalue weighted by Gasteiger charge is -2.23. The Balaban J connectivity index is 1.05. The number of rotatable bonds is 15. The van der Waals surface area contributed by atoms with E-state index < -0.39 is 5.97 Å². The van der Waals surface area contributed by atoms with E-state index in [-0.39, 0.29) is 43.5 Å². The van der Waals surface area contributed by atoms with Crippen LogP contribution in [-0.4, -0.2) is 75.2 Å². The number of aliphatic carboxylic acids is 1. The van der Waals surface area contributed by atoms with Crippen molar-refractivity contribution in [2.75, 3.05) is 42.5 Å². The summed E-state index contributed by atoms with van der Waals surface area (Å²) in [6, 6.07) is 24.8. The number of hydrogen-bond donors (Lipinski definition) is 1. The predicted molar refractivity (Wildman–Crippen MR) is 239 cm³/mol. The number of anilines is 3. The number of carboxylic acids is 1. The summed E-state index contributed by atoms with van der Waals surface area (Å²) in [5.41, 5.74) is 7.96. The van der Waals surface area contributed by atoms with Crippen LogP contribution in [0, 0.1) is 0 Å². The maximum absolute atomic E-state index is 14.1. The molecular weight excluding hydrogens is 787 g/mol. The number of ether oxygens (including phenoxy) is 4. The van der Waals surface area contributed by atoms with Gasteiger partial charge < -0.3 is 29.0 Å². The highest BCUT2D eigenvalue weighted by Gasteiger charge is 2.38. The lowest BCUT2D eigenvalue weighted by Crippen LogP contribution is -2.38. The molecule has 4 aliphatic heterocycles. The molecule has 4 aromatic rings. The van der Waals surface area contributed by atoms with Gasteiger partial charge >= 0.3 is 5.97 Å². The first-order valence-electron chi connectivity index (χ1n) is 20.7. The third-order valence-corrected chi connectivity index (χ3v) is 11.6. The number of carbonyl (C=O) groups is 3. The van der Waals surface area contributed by atoms with Crippen LogP contribution in [0.1, 0.15) is 58.8 Å². The maximum Gasteiger partial charge on any atom is 0.303 e. The summed E-state index contributed by atoms with van der Waals surface area (Å²) >= 11 is 0. The molecule has 0 bridgehead atoms. The minimum absolute atomic E-state index is 0.0440. The Morgan fingerprint density at radius 1 is 0.871 bits per heavy atom. The molecule has 0 spiro atoms. The quantitative estimate of drug-likeness (QED) is 0.0928. The molecule has 2 amide bonds. The van der Waals surface area contributed by atoms with E-state index in [1.807, 2.05) is 91.8 Å². The van der Waals surface area contributed by atoms with E-state index in [1.165, 1.54) is 14.2 Å². The number of nitrogens with zero attached hydrogens (tertiary/aromatic N) is 5. The molecule has 0 fully saturated rings. The summed E-state index contributed by atoms with van der Waals surface area (Å²) in [6.07, 6.45) is 7.58. The Hall–Kier alpha value is -7.15. The summed E-state index contributed by atoms with van der Waals surface area (Å²) in [6.45, 7) is 6.85. The maximum atomic E-state index is 14.1. The van der Waals surface area contributed by atoms with Gasteiger partial charge in [0.05, 0.1) is 48.8 Å². The molecule has 4 aliphatic rings. The standard InChI is InChI=1S/C49H49N5O8/c1-6-43(44(59-4)23-38-30(2)50-26-36-21-33-12-7-9-14-41(33)53(36)48(38)57)61-28-31-18-32(20-35(19-31)52(3)17-11-16-47(55)56)29-62-46-25-40-39(24-45(46)60-5)49(58)54-37(27-51-40)22-34-13-8-10-15-42(34)54/h7-10,12-15,18-20,23-27,36-37H,2,6,11,16-17,21-22,28-29H2,1,3-5H3,(H,55,56)/b38-23+,44-43-/t36-,37-/m0/s1. The van der Waals surface area contributed by atoms with Crippen LogP contribution < -0.4 is 24.2 Å². The predicted octanol–water partition coefficient (Wildman–Crippen LogP) is 8.13. The van der Waals surface area contributed by atoms with Gasteiger partial charge in [-0.05, 0) is 71.1 Å². The fourth-order valence-electron chi connectivity index (χ4n) is 8.42. The second-order valence-electron chi connectivity index (χ2n) is 15.6. The number of allylic oxidation sites excluding steroid dienone is 2. The minimum atomic E-state index is -0.852. The number of methoxy groups -OCH3 is 2. The zero-order valence-electron chi connectivity index (χ0n) is 35.3. The molecule has 8 rings (SSSR count). The molecule has 4 heterocycles. The molecule has 1 N–H and O–H groups in total. The van der Waals surface area contributed by atoms with E-state index in [4.69, 9.17) is 23.9 Å². The number of carboxylic acid groups (broad SMARTS) is 1. The Labute approximate surface area is 360 Å². The van der Waals surface area contributed by atoms with Crippen molar-refractivity contribution in [3.05, 3.63) is 142 Å². The summed E-state index contributed by atoms with van der Waals surface area (Å²) < 4.78 is 24.5. The molecule has 62 heavy (non-hydrogen) atoms. The fourth-order valence-corrected chi connectivity index (χ4v) is 8.42. The number of fused-ring (bicyclic) bond motifs is 7. The van der Waals surface area contributed by atoms with Crippen LogP contribution in [0.2, 0.25) is 0 Å². The first-order chi connectivity index (χ1) is 30.1. The van der Waals surface area contributed by atoms with E-state index in [0.29, 0.717) is 77.8 Å². The number of carbonyl (C=O) groups excluding carboxylic acids is 2. The molecule has 0 saturated carbocycles. The zero-order chi connectivity index (χ0) is 43.5. The van der Waals surface area contributed by atoms with E-state index in [0.717, 1.165) is 39.3 Å². The van der Waals surface area contributed by atoms with Gasteiger partial charge in [-0.1, -0.05) is 49.9 Å². The molecule has 13 nitrogen and oxygen atoms in total. The number of aliphatic imine (C=N–C) groups is 2. The highest BCUT2D eigenvalue weighted by Crippen LogP contribution is 2.41. The van der Waals surface area contributed by atoms with Crippen molar-refractivity contribution in [2.45, 2.75) is 64.3 Å². The molecule has 4 aromatic carbocycles. The molecule has 0 aromatic heterocycles. The van der Waals surface area contributed by atoms with E-state index >= 15 is 0 Å². The lowest BCUT2D eigenvalue weighted by atomic mass is 10.1. The van der Waals surface area contributed by atoms with Crippen molar-refractivity contribution < 1.29 is 38.4 Å². The van der Waals surface area contributed by atoms with Gasteiger partial charge in [0.15, 0.2) is 17.3 Å². The zero-order valence-corrected chi connectivity index (χ0v) is 35.3. The second kappa shape index (κ2) is 17.8. The molecule has 13 heteroatoms. The lowest BCUT2D eigenvalue weighted by molar-refractivity contribution is -0.137. The first-order valence-corrected chi connectivity index (χ1v) is 20.7. The SMILES string of the molecule is C=C1N=C[C@@H]2Cc3ccccc3N2C(=O)/C1=C/C(OC)=C(\CC)OCc1cc(COc2cc3c(cc2OC)C(=O)N2c4ccccc4C[C@H]2C=N3)cc(N(C)CCCC(=O)O)c1. The van der Waals surface area contributed by atoms with Crippen molar-refractivity contribution in [3.63, 3.8) is 0 Å². The Bertz CT molecular complexity index is 2580. The van der Waals surface area contributed by atoms with Gasteiger partial charge in [0.2, 0.25) is 0 Å². The van der Waals surface area contributed by atoms with Crippen molar-refractivity contribution >= 4 is 53.0 Å². The molecule has 0 saturated heterocycles. The van der Waals surface area contributed by atoms with Gasteiger partial charge in [-0.2, -0.15) is 0 Å². The normalized spacial score (nSPS) is 18.3. The fraction of sp³-hybridized carbons (Fsp3) is 0.286. The van der Waals surface area contributed by atoms with Gasteiger partial charge in [-0.25, -0.2) is 0 Å². The van der Waals surface area contributed by atoms with Crippen molar-refractivity contribution in [2.24, 2.45) is 9.98 Å². The Morgan fingerprint density at radius 2 is 1.52 bits per heavy atom. The third-order valence-electron chi connectivity index (χ3n) is 11.6. The van der Waals surface area contributed by atoms with Crippen LogP contribution in [0.3, 0.4) is 0 Å². The highest BCUT2D eigenvalue weighted by molar-refractivity contribution is 6.15. The molecular formula is C49H49N5O8. The Kier molecular flexibility index (Phi) is 12.0. The Morgan fingerprint density at radius 3 is 2.16 bits per heavy atom. The second-order valence-corrected chi connectivity index (χ2v) is 15.6. The highest BCUT2D eigenvalue weighted by atomic mass is 16.5. The molecule has 0 unspecified atom stereocenters. The van der Waals surface area contributed by atoms with Crippen LogP contribution in [-0.2, 0) is 45.1 Å². The van der Waals surface area contributed by atoms with Crippen LogP contribution in [0.5, 0.6) is 11.5 Å². The number of hydrogen-bond acceptors (Lipinski definition) is 10. The average molecular weight is 836 g/mol. The van der Waals surface area contributed by atoms with Crippen LogP contribution in [0.15, 0.2) is 124 Å². The van der Waals surface area contributed by atoms with Gasteiger partial charge in [-0.15, -0.1) is 0 Å². The third kappa shape index (κ3) is 8.30. The van der Waals surface area contributed by atoms with Crippen LogP contribution in [0.25, 0.3) is 0 Å². The van der Waals surface area contributed by atoms with Gasteiger partial charge in [0.1, 0.15) is 19.0 Å². The van der Waals surface area contributed by atoms with E-state index in [2.05, 4.69) is 11.6 Å². The van der Waals surface area contributed by atoms with Crippen molar-refractivity contribution in [1.82, 2.24) is 0 Å². The van der Waals surface area contributed by atoms with Crippen LogP contribution in [0.4, 0.5) is 22.7 Å². The van der Waals surface area contributed by atoms with Crippen molar-refractivity contribution in [1.29, 1.82) is 0 Å². The summed E-state index contributed by atoms with van der Waals surface area (Å²) in [5, 5.41) is 9.28. The van der Waals surface area contributed by atoms with Gasteiger partial charge in [0, 0.05) is 74.8 Å². The summed E-state index contributed by atoms with van der Waals surface area (Å²) in [7, 11) is 4.99. The average Bonchev–Trinajstić information content (AvgIpc) is 3.78. The molecule has 0 radical (unpaired) electrons. The monoisotopic (exact) mass is 835 g/mol. The van der Waals surface area contributed by atoms with Gasteiger partial charge in [-0.3, -0.25) is 34.2 Å². The molecule has 318 valence electrons. The minimum Gasteiger partial charge on any atom is -0.493 e. The molecule has 2 atom stereocenters. The summed E-state index contributed by atoms with van der Waals surface area (Å²) in [5.74, 6) is 0.504. The van der Waals surface area contributed by atoms with E-state index in [9.17, 15) is 19.5 Å². The smallest absolute Gasteiger partial charge is 0.303 e.